The van der Waals surface area contributed by atoms with E-state index in [9.17, 15) is 0 Å². The Balaban J connectivity index is 1.89. The van der Waals surface area contributed by atoms with Crippen molar-refractivity contribution in [2.45, 2.75) is 39.8 Å². The van der Waals surface area contributed by atoms with E-state index in [0.717, 1.165) is 17.7 Å². The van der Waals surface area contributed by atoms with Crippen LogP contribution in [-0.2, 0) is 6.67 Å². The highest BCUT2D eigenvalue weighted by Gasteiger charge is 2.13. The molecule has 0 bridgehead atoms. The van der Waals surface area contributed by atoms with Crippen molar-refractivity contribution in [1.29, 1.82) is 0 Å². The molecule has 4 heteroatoms. The Morgan fingerprint density at radius 1 is 1.06 bits per heavy atom. The van der Waals surface area contributed by atoms with Crippen LogP contribution in [0.15, 0.2) is 12.1 Å². The number of piperidine rings is 1. The second-order valence-corrected chi connectivity index (χ2v) is 5.33. The monoisotopic (exact) mass is 244 g/mol. The Bertz CT molecular complexity index is 552. The molecule has 1 aromatic heterocycles. The second kappa shape index (κ2) is 4.69. The number of aryl methyl sites for hydroxylation is 2. The smallest absolute Gasteiger partial charge is 0.113 e. The van der Waals surface area contributed by atoms with Crippen molar-refractivity contribution in [3.63, 3.8) is 0 Å². The summed E-state index contributed by atoms with van der Waals surface area (Å²) in [5.74, 6) is 0. The molecule has 0 atom stereocenters. The number of aromatic nitrogens is 3. The maximum absolute atomic E-state index is 4.30. The van der Waals surface area contributed by atoms with Gasteiger partial charge < -0.3 is 0 Å². The minimum Gasteiger partial charge on any atom is -0.284 e. The third-order valence-corrected chi connectivity index (χ3v) is 3.91. The van der Waals surface area contributed by atoms with Gasteiger partial charge in [-0.1, -0.05) is 11.6 Å². The van der Waals surface area contributed by atoms with Crippen LogP contribution in [0.5, 0.6) is 0 Å². The summed E-state index contributed by atoms with van der Waals surface area (Å²) in [6.07, 6.45) is 3.99. The van der Waals surface area contributed by atoms with Gasteiger partial charge >= 0.3 is 0 Å². The average Bonchev–Trinajstić information content (AvgIpc) is 2.74. The zero-order chi connectivity index (χ0) is 12.5. The van der Waals surface area contributed by atoms with Crippen molar-refractivity contribution in [2.75, 3.05) is 13.1 Å². The van der Waals surface area contributed by atoms with E-state index in [1.54, 1.807) is 0 Å². The Kier molecular flexibility index (Phi) is 3.04. The summed E-state index contributed by atoms with van der Waals surface area (Å²) in [7, 11) is 0. The summed E-state index contributed by atoms with van der Waals surface area (Å²) < 4.78 is 2.03. The van der Waals surface area contributed by atoms with Gasteiger partial charge in [-0.2, -0.15) is 0 Å². The van der Waals surface area contributed by atoms with Gasteiger partial charge in [0.1, 0.15) is 5.52 Å². The third-order valence-electron chi connectivity index (χ3n) is 3.91. The van der Waals surface area contributed by atoms with Gasteiger partial charge in [-0.3, -0.25) is 4.90 Å². The average molecular weight is 244 g/mol. The minimum absolute atomic E-state index is 0.874. The predicted molar refractivity (Wildman–Crippen MR) is 72.4 cm³/mol. The van der Waals surface area contributed by atoms with Gasteiger partial charge in [0.25, 0.3) is 0 Å². The van der Waals surface area contributed by atoms with E-state index in [0.29, 0.717) is 0 Å². The number of likely N-dealkylation sites (tertiary alicyclic amines) is 1. The Hall–Kier alpha value is -1.42. The molecule has 0 N–H and O–H groups in total. The lowest BCUT2D eigenvalue weighted by Gasteiger charge is -2.26. The van der Waals surface area contributed by atoms with E-state index in [2.05, 4.69) is 41.2 Å². The highest BCUT2D eigenvalue weighted by Crippen LogP contribution is 2.18. The quantitative estimate of drug-likeness (QED) is 0.814. The van der Waals surface area contributed by atoms with Gasteiger partial charge in [0.15, 0.2) is 0 Å². The lowest BCUT2D eigenvalue weighted by molar-refractivity contribution is 0.175. The molecule has 1 aliphatic rings. The molecule has 0 amide bonds. The predicted octanol–water partition coefficient (Wildman–Crippen LogP) is 2.49. The molecular formula is C14H20N4. The Morgan fingerprint density at radius 2 is 1.78 bits per heavy atom. The van der Waals surface area contributed by atoms with Crippen molar-refractivity contribution in [2.24, 2.45) is 0 Å². The molecular weight excluding hydrogens is 224 g/mol. The topological polar surface area (TPSA) is 34.0 Å². The number of benzene rings is 1. The van der Waals surface area contributed by atoms with Crippen LogP contribution in [0.4, 0.5) is 0 Å². The molecule has 0 spiro atoms. The molecule has 0 saturated carbocycles. The number of nitrogens with zero attached hydrogens (tertiary/aromatic N) is 4. The second-order valence-electron chi connectivity index (χ2n) is 5.33. The van der Waals surface area contributed by atoms with Crippen molar-refractivity contribution in [3.8, 4) is 0 Å². The largest absolute Gasteiger partial charge is 0.284 e. The zero-order valence-electron chi connectivity index (χ0n) is 11.2. The van der Waals surface area contributed by atoms with Crippen LogP contribution < -0.4 is 0 Å². The van der Waals surface area contributed by atoms with Crippen LogP contribution in [-0.4, -0.2) is 33.0 Å². The summed E-state index contributed by atoms with van der Waals surface area (Å²) in [5, 5.41) is 8.57. The highest BCUT2D eigenvalue weighted by molar-refractivity contribution is 5.76. The molecule has 1 saturated heterocycles. The number of hydrogen-bond acceptors (Lipinski definition) is 3. The van der Waals surface area contributed by atoms with Crippen LogP contribution >= 0.6 is 0 Å². The maximum Gasteiger partial charge on any atom is 0.113 e. The molecule has 1 aliphatic heterocycles. The first-order valence-corrected chi connectivity index (χ1v) is 6.77. The minimum atomic E-state index is 0.874. The first-order chi connectivity index (χ1) is 8.74. The summed E-state index contributed by atoms with van der Waals surface area (Å²) in [6, 6.07) is 4.33. The first-order valence-electron chi connectivity index (χ1n) is 6.77. The third kappa shape index (κ3) is 2.12. The van der Waals surface area contributed by atoms with E-state index in [-0.39, 0.29) is 0 Å². The summed E-state index contributed by atoms with van der Waals surface area (Å²) >= 11 is 0. The number of rotatable bonds is 2. The van der Waals surface area contributed by atoms with Crippen molar-refractivity contribution in [3.05, 3.63) is 23.3 Å². The molecule has 18 heavy (non-hydrogen) atoms. The first kappa shape index (κ1) is 11.7. The Labute approximate surface area is 108 Å². The van der Waals surface area contributed by atoms with E-state index in [1.807, 2.05) is 4.68 Å². The summed E-state index contributed by atoms with van der Waals surface area (Å²) in [4.78, 5) is 2.47. The molecule has 0 radical (unpaired) electrons. The number of fused-ring (bicyclic) bond motifs is 1. The molecule has 96 valence electrons. The van der Waals surface area contributed by atoms with Gasteiger partial charge in [-0.15, -0.1) is 5.10 Å². The zero-order valence-corrected chi connectivity index (χ0v) is 11.2. The fourth-order valence-electron chi connectivity index (χ4n) is 2.62. The van der Waals surface area contributed by atoms with Gasteiger partial charge in [-0.25, -0.2) is 4.68 Å². The van der Waals surface area contributed by atoms with Crippen LogP contribution in [0, 0.1) is 13.8 Å². The Morgan fingerprint density at radius 3 is 2.56 bits per heavy atom. The lowest BCUT2D eigenvalue weighted by Crippen LogP contribution is -2.32. The molecule has 2 heterocycles. The molecule has 4 nitrogen and oxygen atoms in total. The molecule has 0 unspecified atom stereocenters. The van der Waals surface area contributed by atoms with Crippen LogP contribution in [0.3, 0.4) is 0 Å². The molecule has 1 aromatic carbocycles. The van der Waals surface area contributed by atoms with E-state index >= 15 is 0 Å². The van der Waals surface area contributed by atoms with Crippen LogP contribution in [0.2, 0.25) is 0 Å². The SMILES string of the molecule is Cc1cc2nnn(CN3CCCCC3)c2cc1C. The van der Waals surface area contributed by atoms with Crippen molar-refractivity contribution in [1.82, 2.24) is 19.9 Å². The van der Waals surface area contributed by atoms with Crippen LogP contribution in [0.1, 0.15) is 30.4 Å². The standard InChI is InChI=1S/C14H20N4/c1-11-8-13-14(9-12(11)2)18(16-15-13)10-17-6-4-3-5-7-17/h8-9H,3-7,10H2,1-2H3. The number of hydrogen-bond donors (Lipinski definition) is 0. The fourth-order valence-corrected chi connectivity index (χ4v) is 2.62. The molecule has 3 rings (SSSR count). The van der Waals surface area contributed by atoms with E-state index < -0.39 is 0 Å². The van der Waals surface area contributed by atoms with E-state index in [1.165, 1.54) is 43.5 Å². The molecule has 0 aliphatic carbocycles. The van der Waals surface area contributed by atoms with Crippen molar-refractivity contribution >= 4 is 11.0 Å². The van der Waals surface area contributed by atoms with Crippen molar-refractivity contribution < 1.29 is 0 Å². The van der Waals surface area contributed by atoms with Gasteiger partial charge in [0.05, 0.1) is 12.2 Å². The van der Waals surface area contributed by atoms with Crippen LogP contribution in [0.25, 0.3) is 11.0 Å². The summed E-state index contributed by atoms with van der Waals surface area (Å²) in [6.45, 7) is 7.52. The fraction of sp³-hybridized carbons (Fsp3) is 0.571. The van der Waals surface area contributed by atoms with E-state index in [4.69, 9.17) is 0 Å². The van der Waals surface area contributed by atoms with Gasteiger partial charge in [0.2, 0.25) is 0 Å². The maximum atomic E-state index is 4.30. The van der Waals surface area contributed by atoms with Gasteiger partial charge in [-0.05, 0) is 63.0 Å². The summed E-state index contributed by atoms with van der Waals surface area (Å²) in [5.41, 5.74) is 4.76. The molecule has 1 fully saturated rings. The lowest BCUT2D eigenvalue weighted by atomic mass is 10.1. The molecule has 2 aromatic rings. The normalized spacial score (nSPS) is 17.4. The highest BCUT2D eigenvalue weighted by atomic mass is 15.5. The van der Waals surface area contributed by atoms with Gasteiger partial charge in [0, 0.05) is 0 Å².